The summed E-state index contributed by atoms with van der Waals surface area (Å²) in [5, 5.41) is 0. The molecule has 2 nitrogen and oxygen atoms in total. The molecule has 0 fully saturated rings. The first-order valence-corrected chi connectivity index (χ1v) is 6.15. The van der Waals surface area contributed by atoms with Crippen LogP contribution in [0, 0.1) is 5.82 Å². The van der Waals surface area contributed by atoms with E-state index >= 15 is 0 Å². The Morgan fingerprint density at radius 3 is 2.65 bits per heavy atom. The SMILES string of the molecule is COc1ccc(C(N)c2ccc(Cl)s2)c(F)c1. The minimum Gasteiger partial charge on any atom is -0.497 e. The molecule has 1 unspecified atom stereocenters. The van der Waals surface area contributed by atoms with Gasteiger partial charge in [-0.15, -0.1) is 11.3 Å². The summed E-state index contributed by atoms with van der Waals surface area (Å²) in [4.78, 5) is 0.832. The predicted molar refractivity (Wildman–Crippen MR) is 68.3 cm³/mol. The van der Waals surface area contributed by atoms with Gasteiger partial charge in [0.15, 0.2) is 0 Å². The number of thiophene rings is 1. The molecule has 0 radical (unpaired) electrons. The van der Waals surface area contributed by atoms with Crippen molar-refractivity contribution in [1.29, 1.82) is 0 Å². The third-order valence-corrected chi connectivity index (χ3v) is 3.76. The Balaban J connectivity index is 2.34. The monoisotopic (exact) mass is 271 g/mol. The van der Waals surface area contributed by atoms with E-state index in [1.54, 1.807) is 24.3 Å². The molecule has 0 aliphatic heterocycles. The molecule has 1 atom stereocenters. The number of hydrogen-bond acceptors (Lipinski definition) is 3. The molecule has 0 aliphatic rings. The van der Waals surface area contributed by atoms with Crippen molar-refractivity contribution in [3.63, 3.8) is 0 Å². The average molecular weight is 272 g/mol. The third kappa shape index (κ3) is 2.60. The van der Waals surface area contributed by atoms with Gasteiger partial charge in [-0.05, 0) is 18.2 Å². The summed E-state index contributed by atoms with van der Waals surface area (Å²) in [5.41, 5.74) is 6.43. The van der Waals surface area contributed by atoms with Gasteiger partial charge in [0.1, 0.15) is 11.6 Å². The number of benzene rings is 1. The second kappa shape index (κ2) is 5.04. The molecule has 5 heteroatoms. The number of ether oxygens (including phenoxy) is 1. The van der Waals surface area contributed by atoms with Gasteiger partial charge in [0.25, 0.3) is 0 Å². The minimum atomic E-state index is -0.501. The predicted octanol–water partition coefficient (Wildman–Crippen LogP) is 3.60. The highest BCUT2D eigenvalue weighted by Crippen LogP contribution is 2.31. The highest BCUT2D eigenvalue weighted by molar-refractivity contribution is 7.16. The molecule has 2 N–H and O–H groups in total. The van der Waals surface area contributed by atoms with Crippen LogP contribution in [0.5, 0.6) is 5.75 Å². The molecule has 0 aliphatic carbocycles. The number of hydrogen-bond donors (Lipinski definition) is 1. The first kappa shape index (κ1) is 12.4. The normalized spacial score (nSPS) is 12.5. The quantitative estimate of drug-likeness (QED) is 0.926. The van der Waals surface area contributed by atoms with Crippen molar-refractivity contribution >= 4 is 22.9 Å². The molecule has 0 spiro atoms. The Morgan fingerprint density at radius 1 is 1.35 bits per heavy atom. The largest absolute Gasteiger partial charge is 0.497 e. The number of halogens is 2. The average Bonchev–Trinajstić information content (AvgIpc) is 2.75. The van der Waals surface area contributed by atoms with E-state index in [2.05, 4.69) is 0 Å². The highest BCUT2D eigenvalue weighted by Gasteiger charge is 2.15. The van der Waals surface area contributed by atoms with Crippen molar-refractivity contribution in [1.82, 2.24) is 0 Å². The molecule has 0 bridgehead atoms. The van der Waals surface area contributed by atoms with Gasteiger partial charge in [-0.1, -0.05) is 17.7 Å². The van der Waals surface area contributed by atoms with E-state index in [4.69, 9.17) is 22.1 Å². The van der Waals surface area contributed by atoms with E-state index in [9.17, 15) is 4.39 Å². The van der Waals surface area contributed by atoms with Crippen molar-refractivity contribution in [3.05, 3.63) is 50.9 Å². The zero-order valence-corrected chi connectivity index (χ0v) is 10.7. The minimum absolute atomic E-state index is 0.374. The second-order valence-electron chi connectivity index (χ2n) is 3.51. The molecule has 1 aromatic carbocycles. The molecular weight excluding hydrogens is 261 g/mol. The summed E-state index contributed by atoms with van der Waals surface area (Å²) in [6.07, 6.45) is 0. The van der Waals surface area contributed by atoms with Crippen molar-refractivity contribution in [2.24, 2.45) is 5.73 Å². The maximum absolute atomic E-state index is 13.8. The molecule has 2 rings (SSSR count). The molecule has 0 saturated carbocycles. The van der Waals surface area contributed by atoms with E-state index in [0.717, 1.165) is 4.88 Å². The van der Waals surface area contributed by atoms with Crippen molar-refractivity contribution in [2.75, 3.05) is 7.11 Å². The van der Waals surface area contributed by atoms with Crippen molar-refractivity contribution in [3.8, 4) is 5.75 Å². The molecule has 17 heavy (non-hydrogen) atoms. The first-order chi connectivity index (χ1) is 8.11. The lowest BCUT2D eigenvalue weighted by molar-refractivity contribution is 0.410. The molecule has 1 aromatic heterocycles. The van der Waals surface area contributed by atoms with Crippen LogP contribution < -0.4 is 10.5 Å². The maximum Gasteiger partial charge on any atom is 0.132 e. The topological polar surface area (TPSA) is 35.2 Å². The standard InChI is InChI=1S/C12H11ClFNOS/c1-16-7-2-3-8(9(14)6-7)12(15)10-4-5-11(13)17-10/h2-6,12H,15H2,1H3. The second-order valence-corrected chi connectivity index (χ2v) is 5.25. The van der Waals surface area contributed by atoms with E-state index < -0.39 is 6.04 Å². The van der Waals surface area contributed by atoms with Crippen LogP contribution in [0.3, 0.4) is 0 Å². The molecule has 2 aromatic rings. The molecule has 0 amide bonds. The van der Waals surface area contributed by atoms with Crippen molar-refractivity contribution in [2.45, 2.75) is 6.04 Å². The van der Waals surface area contributed by atoms with E-state index in [0.29, 0.717) is 15.6 Å². The summed E-state index contributed by atoms with van der Waals surface area (Å²) in [6, 6.07) is 7.70. The molecule has 1 heterocycles. The Morgan fingerprint density at radius 2 is 2.12 bits per heavy atom. The number of methoxy groups -OCH3 is 1. The number of nitrogens with two attached hydrogens (primary N) is 1. The van der Waals surface area contributed by atoms with Crippen LogP contribution in [0.15, 0.2) is 30.3 Å². The van der Waals surface area contributed by atoms with Gasteiger partial charge < -0.3 is 10.5 Å². The van der Waals surface area contributed by atoms with Crippen LogP contribution >= 0.6 is 22.9 Å². The van der Waals surface area contributed by atoms with Crippen LogP contribution in [0.25, 0.3) is 0 Å². The van der Waals surface area contributed by atoms with Crippen LogP contribution in [0.4, 0.5) is 4.39 Å². The van der Waals surface area contributed by atoms with E-state index in [-0.39, 0.29) is 5.82 Å². The Hall–Kier alpha value is -1.10. The lowest BCUT2D eigenvalue weighted by Crippen LogP contribution is -2.12. The Kier molecular flexibility index (Phi) is 3.66. The van der Waals surface area contributed by atoms with Gasteiger partial charge in [-0.25, -0.2) is 4.39 Å². The van der Waals surface area contributed by atoms with Gasteiger partial charge in [0.05, 0.1) is 17.5 Å². The van der Waals surface area contributed by atoms with Crippen LogP contribution in [0.1, 0.15) is 16.5 Å². The lowest BCUT2D eigenvalue weighted by Gasteiger charge is -2.12. The zero-order chi connectivity index (χ0) is 12.4. The fraction of sp³-hybridized carbons (Fsp3) is 0.167. The zero-order valence-electron chi connectivity index (χ0n) is 9.11. The van der Waals surface area contributed by atoms with Crippen LogP contribution in [-0.2, 0) is 0 Å². The van der Waals surface area contributed by atoms with Crippen LogP contribution in [0.2, 0.25) is 4.34 Å². The van der Waals surface area contributed by atoms with Crippen molar-refractivity contribution < 1.29 is 9.13 Å². The van der Waals surface area contributed by atoms with Gasteiger partial charge in [-0.2, -0.15) is 0 Å². The third-order valence-electron chi connectivity index (χ3n) is 2.44. The van der Waals surface area contributed by atoms with Gasteiger partial charge in [0.2, 0.25) is 0 Å². The van der Waals surface area contributed by atoms with Gasteiger partial charge >= 0.3 is 0 Å². The number of rotatable bonds is 3. The first-order valence-electron chi connectivity index (χ1n) is 4.96. The Bertz CT molecular complexity index is 529. The summed E-state index contributed by atoms with van der Waals surface area (Å²) in [5.74, 6) is 0.101. The van der Waals surface area contributed by atoms with Gasteiger partial charge in [0, 0.05) is 16.5 Å². The lowest BCUT2D eigenvalue weighted by atomic mass is 10.1. The molecule has 0 saturated heterocycles. The molecule has 90 valence electrons. The summed E-state index contributed by atoms with van der Waals surface area (Å²) >= 11 is 7.18. The van der Waals surface area contributed by atoms with E-state index in [1.165, 1.54) is 24.5 Å². The molecular formula is C12H11ClFNOS. The fourth-order valence-electron chi connectivity index (χ4n) is 1.54. The summed E-state index contributed by atoms with van der Waals surface area (Å²) in [7, 11) is 1.49. The highest BCUT2D eigenvalue weighted by atomic mass is 35.5. The van der Waals surface area contributed by atoms with Gasteiger partial charge in [-0.3, -0.25) is 0 Å². The summed E-state index contributed by atoms with van der Waals surface area (Å²) < 4.78 is 19.4. The van der Waals surface area contributed by atoms with Crippen LogP contribution in [-0.4, -0.2) is 7.11 Å². The maximum atomic E-state index is 13.8. The smallest absolute Gasteiger partial charge is 0.132 e. The Labute approximate surface area is 108 Å². The summed E-state index contributed by atoms with van der Waals surface area (Å²) in [6.45, 7) is 0. The van der Waals surface area contributed by atoms with E-state index in [1.807, 2.05) is 0 Å². The fourth-order valence-corrected chi connectivity index (χ4v) is 2.62.